The summed E-state index contributed by atoms with van der Waals surface area (Å²) in [5, 5.41) is 0. The smallest absolute Gasteiger partial charge is 0 e. The van der Waals surface area contributed by atoms with Crippen molar-refractivity contribution in [2.75, 3.05) is 0 Å². The number of pyridine rings is 2. The molecule has 2 aromatic rings. The zero-order valence-electron chi connectivity index (χ0n) is 8.78. The van der Waals surface area contributed by atoms with Crippen LogP contribution in [0.1, 0.15) is 11.4 Å². The fourth-order valence-electron chi connectivity index (χ4n) is 1.14. The van der Waals surface area contributed by atoms with Gasteiger partial charge in [-0.1, -0.05) is 26.2 Å². The van der Waals surface area contributed by atoms with Crippen molar-refractivity contribution in [3.63, 3.8) is 0 Å². The summed E-state index contributed by atoms with van der Waals surface area (Å²) >= 11 is 0. The summed E-state index contributed by atoms with van der Waals surface area (Å²) in [4.78, 5) is 8.40. The second-order valence-corrected chi connectivity index (χ2v) is 3.20. The fraction of sp³-hybridized carbons (Fsp3) is 0.167. The molecular weight excluding hydrogens is 261 g/mol. The van der Waals surface area contributed by atoms with Crippen LogP contribution in [0.15, 0.2) is 24.5 Å². The molecule has 73 valence electrons. The molecule has 0 aliphatic carbocycles. The van der Waals surface area contributed by atoms with Gasteiger partial charge < -0.3 is 9.97 Å². The van der Waals surface area contributed by atoms with Gasteiger partial charge in [-0.2, -0.15) is 12.1 Å². The van der Waals surface area contributed by atoms with Crippen LogP contribution in [0, 0.1) is 26.0 Å². The predicted octanol–water partition coefficient (Wildman–Crippen LogP) is 2.36. The average Bonchev–Trinajstić information content (AvgIpc) is 2.21. The third-order valence-corrected chi connectivity index (χ3v) is 1.96. The summed E-state index contributed by atoms with van der Waals surface area (Å²) < 4.78 is 0. The Bertz CT molecular complexity index is 377. The van der Waals surface area contributed by atoms with Gasteiger partial charge in [0.1, 0.15) is 0 Å². The van der Waals surface area contributed by atoms with Crippen molar-refractivity contribution < 1.29 is 32.7 Å². The maximum Gasteiger partial charge on any atom is 0 e. The van der Waals surface area contributed by atoms with E-state index in [9.17, 15) is 0 Å². The first-order valence-corrected chi connectivity index (χ1v) is 4.45. The molecule has 0 amide bonds. The van der Waals surface area contributed by atoms with E-state index in [2.05, 4.69) is 22.1 Å². The van der Waals surface area contributed by atoms with E-state index in [0.717, 1.165) is 22.5 Å². The fourth-order valence-corrected chi connectivity index (χ4v) is 1.14. The Kier molecular flexibility index (Phi) is 4.55. The van der Waals surface area contributed by atoms with E-state index in [0.29, 0.717) is 0 Å². The summed E-state index contributed by atoms with van der Waals surface area (Å²) in [6.07, 6.45) is 3.58. The van der Waals surface area contributed by atoms with Gasteiger partial charge in [-0.25, -0.2) is 11.1 Å². The molecule has 0 fully saturated rings. The zero-order chi connectivity index (χ0) is 9.97. The monoisotopic (exact) mass is 271 g/mol. The molecule has 2 heterocycles. The van der Waals surface area contributed by atoms with Crippen LogP contribution in [0.5, 0.6) is 0 Å². The number of rotatable bonds is 1. The van der Waals surface area contributed by atoms with E-state index in [-0.39, 0.29) is 32.7 Å². The van der Waals surface area contributed by atoms with Crippen LogP contribution in [0.2, 0.25) is 0 Å². The first-order chi connectivity index (χ1) is 6.75. The molecule has 0 aromatic carbocycles. The largest absolute Gasteiger partial charge is 0.367 e. The summed E-state index contributed by atoms with van der Waals surface area (Å²) in [5.74, 6) is 0. The van der Waals surface area contributed by atoms with Gasteiger partial charge >= 0.3 is 0 Å². The molecule has 1 radical (unpaired) electrons. The van der Waals surface area contributed by atoms with Gasteiger partial charge in [0.05, 0.1) is 0 Å². The van der Waals surface area contributed by atoms with E-state index >= 15 is 0 Å². The number of aryl methyl sites for hydroxylation is 2. The van der Waals surface area contributed by atoms with E-state index in [1.54, 1.807) is 12.4 Å². The van der Waals surface area contributed by atoms with Crippen molar-refractivity contribution in [1.29, 1.82) is 0 Å². The van der Waals surface area contributed by atoms with Gasteiger partial charge in [0.15, 0.2) is 0 Å². The van der Waals surface area contributed by atoms with Gasteiger partial charge in [0.25, 0.3) is 0 Å². The van der Waals surface area contributed by atoms with Crippen LogP contribution in [-0.2, 0) is 32.7 Å². The normalized spacial score (nSPS) is 9.47. The first kappa shape index (κ1) is 12.5. The van der Waals surface area contributed by atoms with Crippen molar-refractivity contribution in [2.24, 2.45) is 0 Å². The summed E-state index contributed by atoms with van der Waals surface area (Å²) in [6.45, 7) is 3.88. The molecular formula is C12H10N2Y-2. The van der Waals surface area contributed by atoms with Gasteiger partial charge in [0.2, 0.25) is 0 Å². The van der Waals surface area contributed by atoms with E-state index in [1.165, 1.54) is 0 Å². The van der Waals surface area contributed by atoms with Gasteiger partial charge in [0, 0.05) is 32.7 Å². The van der Waals surface area contributed by atoms with Crippen molar-refractivity contribution in [1.82, 2.24) is 9.97 Å². The minimum Gasteiger partial charge on any atom is -0.367 e. The predicted molar refractivity (Wildman–Crippen MR) is 54.6 cm³/mol. The van der Waals surface area contributed by atoms with Crippen LogP contribution < -0.4 is 0 Å². The van der Waals surface area contributed by atoms with E-state index in [1.807, 2.05) is 26.0 Å². The molecule has 2 nitrogen and oxygen atoms in total. The van der Waals surface area contributed by atoms with Crippen molar-refractivity contribution >= 4 is 0 Å². The Morgan fingerprint density at radius 3 is 1.53 bits per heavy atom. The maximum absolute atomic E-state index is 4.20. The minimum atomic E-state index is 0. The molecule has 0 N–H and O–H groups in total. The van der Waals surface area contributed by atoms with Gasteiger partial charge in [-0.05, 0) is 11.4 Å². The van der Waals surface area contributed by atoms with Gasteiger partial charge in [-0.15, -0.1) is 12.1 Å². The van der Waals surface area contributed by atoms with Crippen molar-refractivity contribution in [3.8, 4) is 11.1 Å². The molecule has 15 heavy (non-hydrogen) atoms. The van der Waals surface area contributed by atoms with Crippen LogP contribution >= 0.6 is 0 Å². The van der Waals surface area contributed by atoms with Crippen LogP contribution in [0.25, 0.3) is 11.1 Å². The molecule has 0 aliphatic heterocycles. The zero-order valence-corrected chi connectivity index (χ0v) is 11.6. The Hall–Kier alpha value is -0.596. The minimum absolute atomic E-state index is 0. The first-order valence-electron chi connectivity index (χ1n) is 4.45. The average molecular weight is 271 g/mol. The number of aromatic nitrogens is 2. The number of nitrogens with zero attached hydrogens (tertiary/aromatic N) is 2. The standard InChI is InChI=1S/C12H10N2.Y/c1-9-3-5-11(7-13-9)12-6-4-10(2)14-8-12;/h3-4,7-8H,1-2H3;/q-2;. The molecule has 0 saturated carbocycles. The molecule has 0 unspecified atom stereocenters. The van der Waals surface area contributed by atoms with E-state index in [4.69, 9.17) is 0 Å². The Morgan fingerprint density at radius 2 is 1.27 bits per heavy atom. The second-order valence-electron chi connectivity index (χ2n) is 3.20. The Labute approximate surface area is 115 Å². The summed E-state index contributed by atoms with van der Waals surface area (Å²) in [6, 6.07) is 10.0. The molecule has 2 rings (SSSR count). The molecule has 0 atom stereocenters. The molecule has 0 bridgehead atoms. The molecule has 0 spiro atoms. The van der Waals surface area contributed by atoms with Crippen LogP contribution in [0.3, 0.4) is 0 Å². The van der Waals surface area contributed by atoms with Crippen molar-refractivity contribution in [3.05, 3.63) is 48.0 Å². The maximum atomic E-state index is 4.20. The van der Waals surface area contributed by atoms with Crippen molar-refractivity contribution in [2.45, 2.75) is 13.8 Å². The Morgan fingerprint density at radius 1 is 0.867 bits per heavy atom. The third kappa shape index (κ3) is 3.18. The second kappa shape index (κ2) is 5.48. The van der Waals surface area contributed by atoms with Gasteiger partial charge in [-0.3, -0.25) is 0 Å². The van der Waals surface area contributed by atoms with E-state index < -0.39 is 0 Å². The van der Waals surface area contributed by atoms with Crippen LogP contribution in [-0.4, -0.2) is 9.97 Å². The molecule has 3 heteroatoms. The van der Waals surface area contributed by atoms with Crippen LogP contribution in [0.4, 0.5) is 0 Å². The third-order valence-electron chi connectivity index (χ3n) is 1.96. The quantitative estimate of drug-likeness (QED) is 0.744. The topological polar surface area (TPSA) is 25.8 Å². The molecule has 0 aliphatic rings. The molecule has 2 aromatic heterocycles. The Balaban J connectivity index is 0.00000112. The molecule has 0 saturated heterocycles. The SMILES string of the molecule is Cc1c[c-]c(-c2[c-]cc(C)nc2)cn1.[Y]. The number of hydrogen-bond acceptors (Lipinski definition) is 2. The number of hydrogen-bond donors (Lipinski definition) is 0. The summed E-state index contributed by atoms with van der Waals surface area (Å²) in [7, 11) is 0. The summed E-state index contributed by atoms with van der Waals surface area (Å²) in [5.41, 5.74) is 3.80.